The molecule has 0 saturated heterocycles. The molecule has 0 heterocycles. The lowest BCUT2D eigenvalue weighted by molar-refractivity contribution is 0.584. The van der Waals surface area contributed by atoms with Crippen molar-refractivity contribution in [3.05, 3.63) is 126 Å². The molecule has 4 aromatic carbocycles. The highest BCUT2D eigenvalue weighted by molar-refractivity contribution is 7.89. The third-order valence-corrected chi connectivity index (χ3v) is 6.40. The molecule has 0 aliphatic rings. The maximum absolute atomic E-state index is 12.8. The van der Waals surface area contributed by atoms with Crippen molar-refractivity contribution in [1.29, 1.82) is 0 Å². The molecule has 160 valence electrons. The molecule has 0 fully saturated rings. The lowest BCUT2D eigenvalue weighted by Gasteiger charge is -2.10. The minimum atomic E-state index is -3.76. The number of nitrogens with one attached hydrogen (secondary N) is 1. The van der Waals surface area contributed by atoms with Crippen LogP contribution in [0, 0.1) is 6.92 Å². The number of aryl methyl sites for hydroxylation is 1. The molecule has 0 bridgehead atoms. The van der Waals surface area contributed by atoms with Gasteiger partial charge in [0.15, 0.2) is 0 Å². The van der Waals surface area contributed by atoms with Crippen molar-refractivity contribution >= 4 is 15.7 Å². The van der Waals surface area contributed by atoms with Crippen molar-refractivity contribution in [2.45, 2.75) is 18.2 Å². The number of hydrogen-bond acceptors (Lipinski definition) is 3. The second kappa shape index (κ2) is 9.62. The Bertz CT molecular complexity index is 1300. The normalized spacial score (nSPS) is 11.8. The standard InChI is InChI=1S/C27H24N2O2S/c1-21-12-18-26(19-13-21)32(30,31)29-28-27(20-22-8-4-2-5-9-22)25-16-14-24(15-17-25)23-10-6-3-7-11-23/h2-19,29H,20H2,1H3/b28-27-. The van der Waals surface area contributed by atoms with Crippen molar-refractivity contribution < 1.29 is 8.42 Å². The predicted molar refractivity (Wildman–Crippen MR) is 130 cm³/mol. The number of sulfonamides is 1. The molecule has 0 radical (unpaired) electrons. The smallest absolute Gasteiger partial charge is 0.200 e. The molecular formula is C27H24N2O2S. The first kappa shape index (κ1) is 21.5. The fourth-order valence-corrected chi connectivity index (χ4v) is 4.20. The Labute approximate surface area is 189 Å². The highest BCUT2D eigenvalue weighted by Crippen LogP contribution is 2.20. The summed E-state index contributed by atoms with van der Waals surface area (Å²) in [5, 5.41) is 4.34. The summed E-state index contributed by atoms with van der Waals surface area (Å²) in [6.45, 7) is 1.92. The number of rotatable bonds is 7. The van der Waals surface area contributed by atoms with Gasteiger partial charge in [-0.1, -0.05) is 103 Å². The molecule has 0 aromatic heterocycles. The monoisotopic (exact) mass is 440 g/mol. The molecule has 32 heavy (non-hydrogen) atoms. The fourth-order valence-electron chi connectivity index (χ4n) is 3.37. The maximum atomic E-state index is 12.8. The van der Waals surface area contributed by atoms with E-state index < -0.39 is 10.0 Å². The lowest BCUT2D eigenvalue weighted by Crippen LogP contribution is -2.21. The van der Waals surface area contributed by atoms with Crippen LogP contribution in [-0.2, 0) is 16.4 Å². The van der Waals surface area contributed by atoms with Gasteiger partial charge in [-0.25, -0.2) is 0 Å². The Hall–Kier alpha value is -3.70. The Morgan fingerprint density at radius 2 is 1.28 bits per heavy atom. The van der Waals surface area contributed by atoms with Crippen LogP contribution in [0.1, 0.15) is 16.7 Å². The van der Waals surface area contributed by atoms with Gasteiger partial charge >= 0.3 is 0 Å². The average Bonchev–Trinajstić information content (AvgIpc) is 2.83. The number of hydrogen-bond donors (Lipinski definition) is 1. The van der Waals surface area contributed by atoms with Crippen molar-refractivity contribution in [3.8, 4) is 11.1 Å². The summed E-state index contributed by atoms with van der Waals surface area (Å²) < 4.78 is 25.5. The Kier molecular flexibility index (Phi) is 6.47. The summed E-state index contributed by atoms with van der Waals surface area (Å²) in [6, 6.07) is 34.7. The zero-order valence-corrected chi connectivity index (χ0v) is 18.6. The zero-order chi connectivity index (χ0) is 22.4. The van der Waals surface area contributed by atoms with Gasteiger partial charge in [-0.3, -0.25) is 0 Å². The van der Waals surface area contributed by atoms with Crippen LogP contribution in [0.25, 0.3) is 11.1 Å². The first-order valence-corrected chi connectivity index (χ1v) is 11.8. The second-order valence-electron chi connectivity index (χ2n) is 7.57. The van der Waals surface area contributed by atoms with Gasteiger partial charge < -0.3 is 0 Å². The summed E-state index contributed by atoms with van der Waals surface area (Å²) in [5.74, 6) is 0. The molecule has 1 N–H and O–H groups in total. The van der Waals surface area contributed by atoms with E-state index in [1.807, 2.05) is 79.7 Å². The van der Waals surface area contributed by atoms with Crippen molar-refractivity contribution in [2.75, 3.05) is 0 Å². The molecule has 4 aromatic rings. The molecule has 0 atom stereocenters. The molecular weight excluding hydrogens is 416 g/mol. The van der Waals surface area contributed by atoms with Gasteiger partial charge in [-0.05, 0) is 41.3 Å². The van der Waals surface area contributed by atoms with Gasteiger partial charge in [-0.15, -0.1) is 0 Å². The Morgan fingerprint density at radius 1 is 0.719 bits per heavy atom. The van der Waals surface area contributed by atoms with Crippen molar-refractivity contribution in [2.24, 2.45) is 5.10 Å². The molecule has 0 unspecified atom stereocenters. The zero-order valence-electron chi connectivity index (χ0n) is 17.8. The van der Waals surface area contributed by atoms with E-state index in [9.17, 15) is 8.42 Å². The predicted octanol–water partition coefficient (Wildman–Crippen LogP) is 5.59. The summed E-state index contributed by atoms with van der Waals surface area (Å²) in [7, 11) is -3.76. The summed E-state index contributed by atoms with van der Waals surface area (Å²) in [4.78, 5) is 2.61. The van der Waals surface area contributed by atoms with E-state index in [2.05, 4.69) is 22.1 Å². The molecule has 0 spiro atoms. The van der Waals surface area contributed by atoms with E-state index >= 15 is 0 Å². The van der Waals surface area contributed by atoms with E-state index in [0.29, 0.717) is 12.1 Å². The van der Waals surface area contributed by atoms with Crippen LogP contribution >= 0.6 is 0 Å². The summed E-state index contributed by atoms with van der Waals surface area (Å²) >= 11 is 0. The number of nitrogens with zero attached hydrogens (tertiary/aromatic N) is 1. The van der Waals surface area contributed by atoms with Crippen molar-refractivity contribution in [1.82, 2.24) is 4.83 Å². The van der Waals surface area contributed by atoms with Gasteiger partial charge in [0.1, 0.15) is 0 Å². The van der Waals surface area contributed by atoms with Crippen LogP contribution in [0.5, 0.6) is 0 Å². The maximum Gasteiger partial charge on any atom is 0.276 e. The Morgan fingerprint density at radius 3 is 1.91 bits per heavy atom. The molecule has 0 aliphatic carbocycles. The van der Waals surface area contributed by atoms with E-state index in [0.717, 1.165) is 27.8 Å². The van der Waals surface area contributed by atoms with E-state index in [1.54, 1.807) is 24.3 Å². The fraction of sp³-hybridized carbons (Fsp3) is 0.0741. The van der Waals surface area contributed by atoms with E-state index in [1.165, 1.54) is 0 Å². The van der Waals surface area contributed by atoms with E-state index in [4.69, 9.17) is 0 Å². The first-order valence-electron chi connectivity index (χ1n) is 10.4. The minimum Gasteiger partial charge on any atom is -0.200 e. The molecule has 4 rings (SSSR count). The van der Waals surface area contributed by atoms with E-state index in [-0.39, 0.29) is 4.90 Å². The van der Waals surface area contributed by atoms with Crippen LogP contribution in [0.15, 0.2) is 119 Å². The van der Waals surface area contributed by atoms with Gasteiger partial charge in [0.25, 0.3) is 10.0 Å². The topological polar surface area (TPSA) is 58.5 Å². The van der Waals surface area contributed by atoms with Crippen molar-refractivity contribution in [3.63, 3.8) is 0 Å². The highest BCUT2D eigenvalue weighted by atomic mass is 32.2. The van der Waals surface area contributed by atoms with Crippen LogP contribution in [0.3, 0.4) is 0 Å². The van der Waals surface area contributed by atoms with Gasteiger partial charge in [0.05, 0.1) is 10.6 Å². The third kappa shape index (κ3) is 5.31. The SMILES string of the molecule is Cc1ccc(S(=O)(=O)N/N=C(/Cc2ccccc2)c2ccc(-c3ccccc3)cc2)cc1. The largest absolute Gasteiger partial charge is 0.276 e. The first-order chi connectivity index (χ1) is 15.5. The van der Waals surface area contributed by atoms with Gasteiger partial charge in [0, 0.05) is 6.42 Å². The van der Waals surface area contributed by atoms with Gasteiger partial charge in [0.2, 0.25) is 0 Å². The lowest BCUT2D eigenvalue weighted by atomic mass is 9.99. The van der Waals surface area contributed by atoms with Crippen LogP contribution < -0.4 is 4.83 Å². The molecule has 4 nitrogen and oxygen atoms in total. The van der Waals surface area contributed by atoms with Crippen LogP contribution in [-0.4, -0.2) is 14.1 Å². The minimum absolute atomic E-state index is 0.185. The second-order valence-corrected chi connectivity index (χ2v) is 9.23. The molecule has 0 saturated carbocycles. The average molecular weight is 441 g/mol. The van der Waals surface area contributed by atoms with Gasteiger partial charge in [-0.2, -0.15) is 18.4 Å². The number of benzene rings is 4. The Balaban J connectivity index is 1.65. The molecule has 0 aliphatic heterocycles. The quantitative estimate of drug-likeness (QED) is 0.301. The number of hydrazone groups is 1. The third-order valence-electron chi connectivity index (χ3n) is 5.17. The summed E-state index contributed by atoms with van der Waals surface area (Å²) in [6.07, 6.45) is 0.502. The highest BCUT2D eigenvalue weighted by Gasteiger charge is 2.14. The van der Waals surface area contributed by atoms with Crippen LogP contribution in [0.2, 0.25) is 0 Å². The molecule has 5 heteroatoms. The molecule has 0 amide bonds. The summed E-state index contributed by atoms with van der Waals surface area (Å²) in [5.41, 5.74) is 5.77. The van der Waals surface area contributed by atoms with Crippen LogP contribution in [0.4, 0.5) is 0 Å².